The molecule has 0 aliphatic rings. The molecule has 13 heteroatoms. The highest BCUT2D eigenvalue weighted by Gasteiger charge is 2.31. The summed E-state index contributed by atoms with van der Waals surface area (Å²) in [5, 5.41) is 11.4. The van der Waals surface area contributed by atoms with Crippen molar-refractivity contribution in [2.24, 2.45) is 0 Å². The summed E-state index contributed by atoms with van der Waals surface area (Å²) in [4.78, 5) is 54.1. The van der Waals surface area contributed by atoms with Gasteiger partial charge in [-0.2, -0.15) is 0 Å². The third-order valence-electron chi connectivity index (χ3n) is 11.1. The summed E-state index contributed by atoms with van der Waals surface area (Å²) in [6, 6.07) is 14.2. The summed E-state index contributed by atoms with van der Waals surface area (Å²) >= 11 is 0. The van der Waals surface area contributed by atoms with Gasteiger partial charge in [-0.3, -0.25) is 0 Å². The zero-order valence-electron chi connectivity index (χ0n) is 37.1. The SMILES string of the molecule is CCc1c(C)c(C(=O)OCOC)c(C)c(C)c1OC(=O)c1c(C)cc(OC(=O)c2c(C)c(C)c(OC(=O)c3c(C)cc(OCc4ccccc4)cc3OC)c(F)c2C)c(C)c1O. The first-order valence-electron chi connectivity index (χ1n) is 19.8. The smallest absolute Gasteiger partial charge is 0.347 e. The highest BCUT2D eigenvalue weighted by atomic mass is 19.1. The number of esters is 4. The van der Waals surface area contributed by atoms with Crippen molar-refractivity contribution in [3.63, 3.8) is 0 Å². The summed E-state index contributed by atoms with van der Waals surface area (Å²) < 4.78 is 55.1. The van der Waals surface area contributed by atoms with Crippen LogP contribution >= 0.6 is 0 Å². The van der Waals surface area contributed by atoms with Crippen molar-refractivity contribution in [2.45, 2.75) is 82.3 Å². The number of aromatic hydroxyl groups is 1. The molecule has 0 bridgehead atoms. The molecule has 12 nitrogen and oxygen atoms in total. The van der Waals surface area contributed by atoms with Crippen molar-refractivity contribution < 1.29 is 61.8 Å². The van der Waals surface area contributed by atoms with Crippen molar-refractivity contribution in [3.05, 3.63) is 138 Å². The van der Waals surface area contributed by atoms with Crippen LogP contribution in [-0.4, -0.2) is 50.0 Å². The fourth-order valence-electron chi connectivity index (χ4n) is 7.39. The molecular weight excluding hydrogens is 800 g/mol. The Bertz CT molecular complexity index is 2560. The maximum atomic E-state index is 16.2. The van der Waals surface area contributed by atoms with Crippen molar-refractivity contribution in [1.82, 2.24) is 0 Å². The van der Waals surface area contributed by atoms with Crippen molar-refractivity contribution in [3.8, 4) is 34.5 Å². The van der Waals surface area contributed by atoms with Crippen LogP contribution in [0.2, 0.25) is 0 Å². The standard InChI is InChI=1S/C49H51FO12/c1-13-35-30(8)40(46(52)59-23-56-11)26(4)28(6)44(35)61-48(54)39-25(3)20-36(31(9)43(39)51)60-49(55)41-27(5)29(7)45(42(50)32(41)10)62-47(53)38-24(2)19-34(21-37(38)57-12)58-22-33-17-15-14-16-18-33/h14-21,51H,13,22-23H2,1-12H3. The molecule has 0 atom stereocenters. The lowest BCUT2D eigenvalue weighted by molar-refractivity contribution is -0.0126. The molecule has 0 aliphatic carbocycles. The van der Waals surface area contributed by atoms with Gasteiger partial charge < -0.3 is 38.3 Å². The quantitative estimate of drug-likeness (QED) is 0.0643. The molecule has 0 fully saturated rings. The second kappa shape index (κ2) is 19.3. The van der Waals surface area contributed by atoms with Crippen LogP contribution in [0.3, 0.4) is 0 Å². The van der Waals surface area contributed by atoms with E-state index in [2.05, 4.69) is 0 Å². The van der Waals surface area contributed by atoms with Crippen molar-refractivity contribution >= 4 is 23.9 Å². The lowest BCUT2D eigenvalue weighted by Gasteiger charge is -2.21. The molecule has 0 amide bonds. The summed E-state index contributed by atoms with van der Waals surface area (Å²) in [5.74, 6) is -4.28. The van der Waals surface area contributed by atoms with Crippen molar-refractivity contribution in [2.75, 3.05) is 21.0 Å². The van der Waals surface area contributed by atoms with E-state index in [1.807, 2.05) is 37.3 Å². The van der Waals surface area contributed by atoms with Gasteiger partial charge in [-0.25, -0.2) is 23.6 Å². The second-order valence-corrected chi connectivity index (χ2v) is 14.9. The number of carbonyl (C=O) groups excluding carboxylic acids is 4. The predicted molar refractivity (Wildman–Crippen MR) is 229 cm³/mol. The van der Waals surface area contributed by atoms with E-state index in [-0.39, 0.29) is 74.3 Å². The molecule has 0 radical (unpaired) electrons. The monoisotopic (exact) mass is 850 g/mol. The Hall–Kier alpha value is -6.73. The molecule has 0 saturated carbocycles. The number of benzene rings is 5. The van der Waals surface area contributed by atoms with Crippen molar-refractivity contribution in [1.29, 1.82) is 0 Å². The molecule has 326 valence electrons. The summed E-state index contributed by atoms with van der Waals surface area (Å²) in [5.41, 5.74) is 4.42. The maximum Gasteiger partial charge on any atom is 0.347 e. The van der Waals surface area contributed by atoms with E-state index < -0.39 is 35.4 Å². The van der Waals surface area contributed by atoms with E-state index in [1.165, 1.54) is 48.0 Å². The van der Waals surface area contributed by atoms with Crippen LogP contribution in [0.1, 0.15) is 110 Å². The Labute approximate surface area is 360 Å². The predicted octanol–water partition coefficient (Wildman–Crippen LogP) is 9.88. The molecule has 0 aromatic heterocycles. The van der Waals surface area contributed by atoms with Gasteiger partial charge in [0, 0.05) is 24.3 Å². The first kappa shape index (κ1) is 46.3. The minimum absolute atomic E-state index is 0.0470. The van der Waals surface area contributed by atoms with Crippen LogP contribution in [0.25, 0.3) is 0 Å². The third-order valence-corrected chi connectivity index (χ3v) is 11.1. The molecule has 0 unspecified atom stereocenters. The Morgan fingerprint density at radius 3 is 1.77 bits per heavy atom. The number of aryl methyl sites for hydroxylation is 2. The lowest BCUT2D eigenvalue weighted by atomic mass is 9.91. The number of carbonyl (C=O) groups is 4. The first-order chi connectivity index (χ1) is 29.4. The largest absolute Gasteiger partial charge is 0.507 e. The highest BCUT2D eigenvalue weighted by molar-refractivity contribution is 6.00. The molecule has 5 rings (SSSR count). The zero-order chi connectivity index (χ0) is 45.7. The highest BCUT2D eigenvalue weighted by Crippen LogP contribution is 2.40. The number of ether oxygens (including phenoxy) is 7. The molecule has 0 heterocycles. The second-order valence-electron chi connectivity index (χ2n) is 14.9. The molecule has 5 aromatic rings. The van der Waals surface area contributed by atoms with Gasteiger partial charge in [0.2, 0.25) is 0 Å². The summed E-state index contributed by atoms with van der Waals surface area (Å²) in [6.45, 7) is 16.2. The Balaban J connectivity index is 1.39. The van der Waals surface area contributed by atoms with Crippen LogP contribution < -0.4 is 23.7 Å². The van der Waals surface area contributed by atoms with E-state index in [4.69, 9.17) is 33.2 Å². The fraction of sp³-hybridized carbons (Fsp3) is 0.306. The average molecular weight is 851 g/mol. The van der Waals surface area contributed by atoms with E-state index in [0.29, 0.717) is 52.2 Å². The van der Waals surface area contributed by atoms with Crippen LogP contribution in [0.5, 0.6) is 34.5 Å². The van der Waals surface area contributed by atoms with Crippen LogP contribution in [0, 0.1) is 68.1 Å². The van der Waals surface area contributed by atoms with E-state index in [1.54, 1.807) is 46.8 Å². The topological polar surface area (TPSA) is 153 Å². The number of rotatable bonds is 14. The van der Waals surface area contributed by atoms with Gasteiger partial charge in [0.1, 0.15) is 46.5 Å². The van der Waals surface area contributed by atoms with Gasteiger partial charge in [-0.1, -0.05) is 37.3 Å². The Morgan fingerprint density at radius 1 is 0.597 bits per heavy atom. The van der Waals surface area contributed by atoms with Gasteiger partial charge in [-0.05, 0) is 131 Å². The molecule has 5 aromatic carbocycles. The molecule has 1 N–H and O–H groups in total. The molecule has 0 spiro atoms. The number of phenols is 1. The lowest BCUT2D eigenvalue weighted by Crippen LogP contribution is -2.19. The van der Waals surface area contributed by atoms with E-state index >= 15 is 4.39 Å². The van der Waals surface area contributed by atoms with Crippen LogP contribution in [0.15, 0.2) is 48.5 Å². The number of hydrogen-bond donors (Lipinski definition) is 1. The summed E-state index contributed by atoms with van der Waals surface area (Å²) in [6.07, 6.45) is 0.412. The number of phenolic OH excluding ortho intramolecular Hbond substituents is 1. The average Bonchev–Trinajstić information content (AvgIpc) is 3.24. The van der Waals surface area contributed by atoms with Gasteiger partial charge in [0.05, 0.1) is 18.2 Å². The van der Waals surface area contributed by atoms with E-state index in [0.717, 1.165) is 5.56 Å². The normalized spacial score (nSPS) is 10.9. The first-order valence-corrected chi connectivity index (χ1v) is 19.8. The maximum absolute atomic E-state index is 16.2. The van der Waals surface area contributed by atoms with E-state index in [9.17, 15) is 24.3 Å². The van der Waals surface area contributed by atoms with Gasteiger partial charge in [-0.15, -0.1) is 0 Å². The third kappa shape index (κ3) is 9.13. The Morgan fingerprint density at radius 2 is 1.16 bits per heavy atom. The number of halogens is 1. The summed E-state index contributed by atoms with van der Waals surface area (Å²) in [7, 11) is 2.80. The molecular formula is C49H51FO12. The minimum atomic E-state index is -0.950. The molecule has 0 saturated heterocycles. The number of methoxy groups -OCH3 is 2. The number of hydrogen-bond acceptors (Lipinski definition) is 12. The Kier molecular flexibility index (Phi) is 14.4. The fourth-order valence-corrected chi connectivity index (χ4v) is 7.39. The van der Waals surface area contributed by atoms with Gasteiger partial charge in [0.25, 0.3) is 0 Å². The van der Waals surface area contributed by atoms with Crippen LogP contribution in [0.4, 0.5) is 4.39 Å². The van der Waals surface area contributed by atoms with Gasteiger partial charge >= 0.3 is 23.9 Å². The van der Waals surface area contributed by atoms with Crippen LogP contribution in [-0.2, 0) is 22.5 Å². The minimum Gasteiger partial charge on any atom is -0.507 e. The zero-order valence-corrected chi connectivity index (χ0v) is 37.1. The molecule has 62 heavy (non-hydrogen) atoms. The molecule has 0 aliphatic heterocycles. The van der Waals surface area contributed by atoms with Gasteiger partial charge in [0.15, 0.2) is 18.4 Å².